The molecular formula is C18H14F2N4O2S. The molecule has 1 aromatic carbocycles. The maximum atomic E-state index is 13.7. The fourth-order valence-electron chi connectivity index (χ4n) is 2.80. The second-order valence-electron chi connectivity index (χ2n) is 5.77. The molecule has 0 radical (unpaired) electrons. The average molecular weight is 388 g/mol. The SMILES string of the molecule is CCc1nnc(SCC(=O)Nc2ccc(F)cc2F)c2cc3occc3n12. The van der Waals surface area contributed by atoms with E-state index in [-0.39, 0.29) is 11.4 Å². The van der Waals surface area contributed by atoms with Crippen molar-refractivity contribution in [3.05, 3.63) is 54.1 Å². The first-order chi connectivity index (χ1) is 13.1. The number of anilines is 1. The van der Waals surface area contributed by atoms with Crippen LogP contribution in [0.4, 0.5) is 14.5 Å². The minimum atomic E-state index is -0.824. The quantitative estimate of drug-likeness (QED) is 0.522. The molecule has 3 aromatic heterocycles. The van der Waals surface area contributed by atoms with E-state index in [0.717, 1.165) is 29.0 Å². The van der Waals surface area contributed by atoms with Crippen molar-refractivity contribution in [1.29, 1.82) is 0 Å². The Bertz CT molecular complexity index is 1160. The van der Waals surface area contributed by atoms with Crippen LogP contribution in [0.2, 0.25) is 0 Å². The number of carbonyl (C=O) groups is 1. The summed E-state index contributed by atoms with van der Waals surface area (Å²) in [7, 11) is 0. The van der Waals surface area contributed by atoms with Crippen LogP contribution in [0.25, 0.3) is 16.6 Å². The van der Waals surface area contributed by atoms with Gasteiger partial charge in [0.15, 0.2) is 5.58 Å². The van der Waals surface area contributed by atoms with Crippen molar-refractivity contribution in [2.45, 2.75) is 18.4 Å². The lowest BCUT2D eigenvalue weighted by atomic mass is 10.3. The molecule has 0 atom stereocenters. The van der Waals surface area contributed by atoms with Gasteiger partial charge < -0.3 is 9.73 Å². The van der Waals surface area contributed by atoms with Crippen LogP contribution in [0.15, 0.2) is 46.0 Å². The van der Waals surface area contributed by atoms with E-state index < -0.39 is 17.5 Å². The second-order valence-corrected chi connectivity index (χ2v) is 6.74. The predicted molar refractivity (Wildman–Crippen MR) is 97.8 cm³/mol. The van der Waals surface area contributed by atoms with Crippen molar-refractivity contribution in [2.75, 3.05) is 11.1 Å². The fourth-order valence-corrected chi connectivity index (χ4v) is 3.54. The normalized spacial score (nSPS) is 11.4. The smallest absolute Gasteiger partial charge is 0.234 e. The minimum absolute atomic E-state index is 0.000822. The zero-order valence-electron chi connectivity index (χ0n) is 14.2. The van der Waals surface area contributed by atoms with Crippen LogP contribution >= 0.6 is 11.8 Å². The van der Waals surface area contributed by atoms with E-state index in [1.54, 1.807) is 6.26 Å². The van der Waals surface area contributed by atoms with Crippen molar-refractivity contribution in [2.24, 2.45) is 0 Å². The van der Waals surface area contributed by atoms with Gasteiger partial charge in [-0.3, -0.25) is 9.20 Å². The number of amides is 1. The number of aromatic nitrogens is 3. The van der Waals surface area contributed by atoms with E-state index in [1.807, 2.05) is 23.5 Å². The van der Waals surface area contributed by atoms with E-state index in [2.05, 4.69) is 15.5 Å². The zero-order chi connectivity index (χ0) is 19.0. The van der Waals surface area contributed by atoms with Gasteiger partial charge in [-0.05, 0) is 12.1 Å². The molecule has 1 amide bonds. The van der Waals surface area contributed by atoms with Crippen LogP contribution < -0.4 is 5.32 Å². The molecule has 1 N–H and O–H groups in total. The van der Waals surface area contributed by atoms with E-state index in [0.29, 0.717) is 17.0 Å². The summed E-state index contributed by atoms with van der Waals surface area (Å²) in [6, 6.07) is 6.68. The molecule has 6 nitrogen and oxygen atoms in total. The zero-order valence-corrected chi connectivity index (χ0v) is 15.0. The fraction of sp³-hybridized carbons (Fsp3) is 0.167. The van der Waals surface area contributed by atoms with Crippen molar-refractivity contribution in [3.8, 4) is 0 Å². The van der Waals surface area contributed by atoms with E-state index in [9.17, 15) is 13.6 Å². The third-order valence-corrected chi connectivity index (χ3v) is 4.99. The highest BCUT2D eigenvalue weighted by Gasteiger charge is 2.16. The lowest BCUT2D eigenvalue weighted by Gasteiger charge is -2.08. The van der Waals surface area contributed by atoms with E-state index in [1.165, 1.54) is 17.8 Å². The topological polar surface area (TPSA) is 72.4 Å². The third-order valence-electron chi connectivity index (χ3n) is 4.02. The van der Waals surface area contributed by atoms with Crippen LogP contribution in [0, 0.1) is 11.6 Å². The molecule has 0 spiro atoms. The number of halogens is 2. The molecular weight excluding hydrogens is 374 g/mol. The Morgan fingerprint density at radius 1 is 1.22 bits per heavy atom. The number of fused-ring (bicyclic) bond motifs is 3. The minimum Gasteiger partial charge on any atom is -0.463 e. The molecule has 0 unspecified atom stereocenters. The van der Waals surface area contributed by atoms with Gasteiger partial charge in [-0.15, -0.1) is 10.2 Å². The molecule has 0 saturated heterocycles. The summed E-state index contributed by atoms with van der Waals surface area (Å²) in [5.74, 6) is -1.18. The molecule has 0 fully saturated rings. The van der Waals surface area contributed by atoms with E-state index in [4.69, 9.17) is 4.42 Å². The molecule has 138 valence electrons. The van der Waals surface area contributed by atoms with Gasteiger partial charge in [-0.1, -0.05) is 18.7 Å². The number of furan rings is 1. The Kier molecular flexibility index (Phi) is 4.53. The van der Waals surface area contributed by atoms with Crippen LogP contribution in [-0.2, 0) is 11.2 Å². The molecule has 4 aromatic rings. The standard InChI is InChI=1S/C18H14F2N4O2S/c1-2-16-22-23-18(14-8-15-13(24(14)16)5-6-26-15)27-9-17(25)21-12-4-3-10(19)7-11(12)20/h3-8H,2,9H2,1H3,(H,21,25). The van der Waals surface area contributed by atoms with Gasteiger partial charge in [-0.2, -0.15) is 0 Å². The second kappa shape index (κ2) is 6.99. The lowest BCUT2D eigenvalue weighted by molar-refractivity contribution is -0.113. The van der Waals surface area contributed by atoms with E-state index >= 15 is 0 Å². The van der Waals surface area contributed by atoms with Crippen molar-refractivity contribution >= 4 is 40.0 Å². The molecule has 3 heterocycles. The Labute approximate surface area is 156 Å². The highest BCUT2D eigenvalue weighted by molar-refractivity contribution is 8.00. The van der Waals surface area contributed by atoms with Crippen LogP contribution in [0.5, 0.6) is 0 Å². The van der Waals surface area contributed by atoms with Gasteiger partial charge in [0, 0.05) is 24.6 Å². The number of hydrogen-bond acceptors (Lipinski definition) is 5. The Hall–Kier alpha value is -2.94. The third kappa shape index (κ3) is 3.25. The van der Waals surface area contributed by atoms with Crippen LogP contribution in [-0.4, -0.2) is 26.3 Å². The summed E-state index contributed by atoms with van der Waals surface area (Å²) in [5.41, 5.74) is 2.32. The maximum Gasteiger partial charge on any atom is 0.234 e. The molecule has 0 bridgehead atoms. The first-order valence-corrected chi connectivity index (χ1v) is 9.17. The molecule has 27 heavy (non-hydrogen) atoms. The summed E-state index contributed by atoms with van der Waals surface area (Å²) < 4.78 is 34.0. The van der Waals surface area contributed by atoms with Gasteiger partial charge >= 0.3 is 0 Å². The number of nitrogens with zero attached hydrogens (tertiary/aromatic N) is 3. The maximum absolute atomic E-state index is 13.7. The molecule has 0 aliphatic rings. The number of benzene rings is 1. The monoisotopic (exact) mass is 388 g/mol. The Morgan fingerprint density at radius 2 is 2.07 bits per heavy atom. The number of aryl methyl sites for hydroxylation is 1. The van der Waals surface area contributed by atoms with Crippen molar-refractivity contribution in [1.82, 2.24) is 14.6 Å². The number of thioether (sulfide) groups is 1. The lowest BCUT2D eigenvalue weighted by Crippen LogP contribution is -2.15. The average Bonchev–Trinajstić information content (AvgIpc) is 3.23. The number of hydrogen-bond donors (Lipinski definition) is 1. The first kappa shape index (κ1) is 17.5. The van der Waals surface area contributed by atoms with Gasteiger partial charge in [-0.25, -0.2) is 8.78 Å². The Balaban J connectivity index is 1.56. The molecule has 0 aliphatic carbocycles. The van der Waals surface area contributed by atoms with Crippen LogP contribution in [0.1, 0.15) is 12.7 Å². The highest BCUT2D eigenvalue weighted by Crippen LogP contribution is 2.29. The van der Waals surface area contributed by atoms with Gasteiger partial charge in [0.05, 0.1) is 28.7 Å². The Morgan fingerprint density at radius 3 is 2.85 bits per heavy atom. The summed E-state index contributed by atoms with van der Waals surface area (Å²) in [5, 5.41) is 11.4. The molecule has 0 saturated carbocycles. The van der Waals surface area contributed by atoms with Gasteiger partial charge in [0.25, 0.3) is 0 Å². The summed E-state index contributed by atoms with van der Waals surface area (Å²) in [6.45, 7) is 1.98. The summed E-state index contributed by atoms with van der Waals surface area (Å²) in [6.07, 6.45) is 2.29. The van der Waals surface area contributed by atoms with Gasteiger partial charge in [0.2, 0.25) is 5.91 Å². The predicted octanol–water partition coefficient (Wildman–Crippen LogP) is 4.05. The largest absolute Gasteiger partial charge is 0.463 e. The molecule has 9 heteroatoms. The summed E-state index contributed by atoms with van der Waals surface area (Å²) >= 11 is 1.18. The first-order valence-electron chi connectivity index (χ1n) is 8.18. The van der Waals surface area contributed by atoms with Crippen molar-refractivity contribution in [3.63, 3.8) is 0 Å². The number of rotatable bonds is 5. The van der Waals surface area contributed by atoms with Crippen LogP contribution in [0.3, 0.4) is 0 Å². The summed E-state index contributed by atoms with van der Waals surface area (Å²) in [4.78, 5) is 12.1. The van der Waals surface area contributed by atoms with Gasteiger partial charge in [0.1, 0.15) is 22.5 Å². The molecule has 4 rings (SSSR count). The van der Waals surface area contributed by atoms with Crippen molar-refractivity contribution < 1.29 is 18.0 Å². The highest BCUT2D eigenvalue weighted by atomic mass is 32.2. The number of carbonyl (C=O) groups excluding carboxylic acids is 1. The number of nitrogens with one attached hydrogen (secondary N) is 1. The molecule has 0 aliphatic heterocycles.